The fourth-order valence-electron chi connectivity index (χ4n) is 4.65. The maximum atomic E-state index is 12.9. The van der Waals surface area contributed by atoms with Crippen molar-refractivity contribution >= 4 is 11.8 Å². The molecule has 0 spiro atoms. The highest BCUT2D eigenvalue weighted by atomic mass is 16.2. The number of carbonyl (C=O) groups is 2. The van der Waals surface area contributed by atoms with Gasteiger partial charge in [0.2, 0.25) is 11.8 Å². The van der Waals surface area contributed by atoms with Gasteiger partial charge in [0.25, 0.3) is 0 Å². The lowest BCUT2D eigenvalue weighted by Gasteiger charge is -2.43. The lowest BCUT2D eigenvalue weighted by atomic mass is 9.65. The van der Waals surface area contributed by atoms with Gasteiger partial charge in [0.05, 0.1) is 0 Å². The molecule has 2 bridgehead atoms. The number of hydrogen-bond donors (Lipinski definition) is 2. The van der Waals surface area contributed by atoms with Crippen molar-refractivity contribution in [2.45, 2.75) is 50.6 Å². The Labute approximate surface area is 156 Å². The van der Waals surface area contributed by atoms with E-state index in [0.717, 1.165) is 31.2 Å². The van der Waals surface area contributed by atoms with Crippen LogP contribution in [0.25, 0.3) is 0 Å². The molecule has 3 N–H and O–H groups in total. The summed E-state index contributed by atoms with van der Waals surface area (Å²) in [5, 5.41) is 3.05. The van der Waals surface area contributed by atoms with Gasteiger partial charge in [-0.3, -0.25) is 9.59 Å². The topological polar surface area (TPSA) is 75.4 Å². The molecule has 0 aromatic heterocycles. The summed E-state index contributed by atoms with van der Waals surface area (Å²) >= 11 is 0. The van der Waals surface area contributed by atoms with E-state index in [1.165, 1.54) is 6.42 Å². The predicted molar refractivity (Wildman–Crippen MR) is 102 cm³/mol. The maximum Gasteiger partial charge on any atom is 0.244 e. The largest absolute Gasteiger partial charge is 0.347 e. The minimum absolute atomic E-state index is 0.0154. The molecular weight excluding hydrogens is 326 g/mol. The normalized spacial score (nSPS) is 28.9. The molecule has 0 aliphatic heterocycles. The Morgan fingerprint density at radius 2 is 1.77 bits per heavy atom. The molecule has 3 rings (SSSR count). The van der Waals surface area contributed by atoms with Gasteiger partial charge in [-0.05, 0) is 43.1 Å². The summed E-state index contributed by atoms with van der Waals surface area (Å²) in [6.45, 7) is 0. The zero-order chi connectivity index (χ0) is 18.7. The quantitative estimate of drug-likeness (QED) is 0.846. The van der Waals surface area contributed by atoms with Crippen molar-refractivity contribution in [1.82, 2.24) is 10.2 Å². The predicted octanol–water partition coefficient (Wildman–Crippen LogP) is 1.96. The van der Waals surface area contributed by atoms with Crippen LogP contribution in [0.3, 0.4) is 0 Å². The van der Waals surface area contributed by atoms with E-state index >= 15 is 0 Å². The molecule has 0 radical (unpaired) electrons. The molecule has 2 amide bonds. The molecule has 2 aliphatic rings. The molecule has 2 fully saturated rings. The van der Waals surface area contributed by atoms with Gasteiger partial charge in [-0.15, -0.1) is 0 Å². The fraction of sp³-hybridized carbons (Fsp3) is 0.619. The molecule has 26 heavy (non-hydrogen) atoms. The number of nitrogens with one attached hydrogen (secondary N) is 1. The van der Waals surface area contributed by atoms with Crippen molar-refractivity contribution in [3.8, 4) is 0 Å². The van der Waals surface area contributed by atoms with Gasteiger partial charge in [-0.1, -0.05) is 36.8 Å². The van der Waals surface area contributed by atoms with E-state index in [1.54, 1.807) is 19.0 Å². The SMILES string of the molecule is CN(C)C(=O)C(Cc1ccccc1)NC(=O)C1CC2CCCC(C1)C2N. The first kappa shape index (κ1) is 18.9. The molecule has 0 heterocycles. The maximum absolute atomic E-state index is 12.9. The van der Waals surface area contributed by atoms with Crippen LogP contribution in [0.2, 0.25) is 0 Å². The summed E-state index contributed by atoms with van der Waals surface area (Å²) in [6.07, 6.45) is 5.72. The third kappa shape index (κ3) is 4.26. The van der Waals surface area contributed by atoms with Crippen LogP contribution in [-0.4, -0.2) is 42.9 Å². The molecule has 0 saturated heterocycles. The first-order chi connectivity index (χ1) is 12.5. The summed E-state index contributed by atoms with van der Waals surface area (Å²) in [6, 6.07) is 9.58. The number of nitrogens with two attached hydrogens (primary N) is 1. The monoisotopic (exact) mass is 357 g/mol. The minimum atomic E-state index is -0.518. The van der Waals surface area contributed by atoms with Crippen LogP contribution < -0.4 is 11.1 Å². The van der Waals surface area contributed by atoms with Crippen LogP contribution >= 0.6 is 0 Å². The number of benzene rings is 1. The van der Waals surface area contributed by atoms with Gasteiger partial charge in [0, 0.05) is 32.5 Å². The van der Waals surface area contributed by atoms with E-state index in [0.29, 0.717) is 18.3 Å². The second-order valence-electron chi connectivity index (χ2n) is 8.18. The molecule has 3 unspecified atom stereocenters. The Hall–Kier alpha value is -1.88. The average molecular weight is 357 g/mol. The fourth-order valence-corrected chi connectivity index (χ4v) is 4.65. The zero-order valence-corrected chi connectivity index (χ0v) is 15.9. The highest BCUT2D eigenvalue weighted by Gasteiger charge is 2.41. The number of fused-ring (bicyclic) bond motifs is 2. The first-order valence-corrected chi connectivity index (χ1v) is 9.76. The third-order valence-electron chi connectivity index (χ3n) is 6.12. The third-order valence-corrected chi connectivity index (χ3v) is 6.12. The minimum Gasteiger partial charge on any atom is -0.347 e. The molecule has 5 nitrogen and oxygen atoms in total. The number of carbonyl (C=O) groups excluding carboxylic acids is 2. The first-order valence-electron chi connectivity index (χ1n) is 9.76. The summed E-state index contributed by atoms with van der Waals surface area (Å²) in [7, 11) is 3.47. The number of likely N-dealkylation sites (N-methyl/N-ethyl adjacent to an activating group) is 1. The average Bonchev–Trinajstić information content (AvgIpc) is 2.61. The molecule has 5 heteroatoms. The molecule has 3 atom stereocenters. The number of hydrogen-bond acceptors (Lipinski definition) is 3. The van der Waals surface area contributed by atoms with Gasteiger partial charge in [-0.25, -0.2) is 0 Å². The van der Waals surface area contributed by atoms with Crippen molar-refractivity contribution in [3.05, 3.63) is 35.9 Å². The van der Waals surface area contributed by atoms with Crippen LogP contribution in [0.1, 0.15) is 37.7 Å². The van der Waals surface area contributed by atoms with Crippen LogP contribution in [0.4, 0.5) is 0 Å². The number of rotatable bonds is 5. The van der Waals surface area contributed by atoms with Gasteiger partial charge in [0.1, 0.15) is 6.04 Å². The van der Waals surface area contributed by atoms with Crippen molar-refractivity contribution in [3.63, 3.8) is 0 Å². The Kier molecular flexibility index (Phi) is 5.97. The summed E-state index contributed by atoms with van der Waals surface area (Å²) < 4.78 is 0. The van der Waals surface area contributed by atoms with E-state index < -0.39 is 6.04 Å². The number of nitrogens with zero attached hydrogens (tertiary/aromatic N) is 1. The second-order valence-corrected chi connectivity index (χ2v) is 8.18. The molecule has 1 aromatic carbocycles. The highest BCUT2D eigenvalue weighted by Crippen LogP contribution is 2.41. The molecule has 1 aromatic rings. The van der Waals surface area contributed by atoms with E-state index in [-0.39, 0.29) is 23.8 Å². The number of amides is 2. The van der Waals surface area contributed by atoms with Crippen LogP contribution in [0.5, 0.6) is 0 Å². The van der Waals surface area contributed by atoms with Crippen LogP contribution in [0, 0.1) is 17.8 Å². The lowest BCUT2D eigenvalue weighted by Crippen LogP contribution is -2.53. The lowest BCUT2D eigenvalue weighted by molar-refractivity contribution is -0.136. The van der Waals surface area contributed by atoms with Crippen molar-refractivity contribution < 1.29 is 9.59 Å². The Morgan fingerprint density at radius 1 is 1.15 bits per heavy atom. The standard InChI is InChI=1S/C21H31N3O2/c1-24(2)21(26)18(11-14-7-4-3-5-8-14)23-20(25)17-12-15-9-6-10-16(13-17)19(15)22/h3-5,7-8,15-19H,6,9-13,22H2,1-2H3,(H,23,25). The van der Waals surface area contributed by atoms with Crippen molar-refractivity contribution in [2.75, 3.05) is 14.1 Å². The smallest absolute Gasteiger partial charge is 0.244 e. The Bertz CT molecular complexity index is 617. The van der Waals surface area contributed by atoms with Crippen molar-refractivity contribution in [1.29, 1.82) is 0 Å². The molecular formula is C21H31N3O2. The summed E-state index contributed by atoms with van der Waals surface area (Å²) in [5.41, 5.74) is 7.40. The highest BCUT2D eigenvalue weighted by molar-refractivity contribution is 5.88. The van der Waals surface area contributed by atoms with Gasteiger partial charge >= 0.3 is 0 Å². The molecule has 142 valence electrons. The van der Waals surface area contributed by atoms with Gasteiger partial charge in [-0.2, -0.15) is 0 Å². The summed E-state index contributed by atoms with van der Waals surface area (Å²) in [4.78, 5) is 27.1. The van der Waals surface area contributed by atoms with Crippen molar-refractivity contribution in [2.24, 2.45) is 23.5 Å². The zero-order valence-electron chi connectivity index (χ0n) is 15.9. The Balaban J connectivity index is 1.68. The van der Waals surface area contributed by atoms with Gasteiger partial charge < -0.3 is 16.0 Å². The van der Waals surface area contributed by atoms with E-state index in [9.17, 15) is 9.59 Å². The van der Waals surface area contributed by atoms with Crippen LogP contribution in [-0.2, 0) is 16.0 Å². The summed E-state index contributed by atoms with van der Waals surface area (Å²) in [5.74, 6) is 0.851. The van der Waals surface area contributed by atoms with Crippen LogP contribution in [0.15, 0.2) is 30.3 Å². The Morgan fingerprint density at radius 3 is 2.35 bits per heavy atom. The molecule has 2 aliphatic carbocycles. The van der Waals surface area contributed by atoms with E-state index in [1.807, 2.05) is 30.3 Å². The second kappa shape index (κ2) is 8.21. The van der Waals surface area contributed by atoms with E-state index in [4.69, 9.17) is 5.73 Å². The molecule has 2 saturated carbocycles. The van der Waals surface area contributed by atoms with Gasteiger partial charge in [0.15, 0.2) is 0 Å². The van der Waals surface area contributed by atoms with E-state index in [2.05, 4.69) is 5.32 Å².